The van der Waals surface area contributed by atoms with E-state index in [1.54, 1.807) is 0 Å². The molecule has 2 aromatic rings. The largest absolute Gasteiger partial charge is 0.494 e. The molecule has 0 unspecified atom stereocenters. The molecule has 0 aliphatic heterocycles. The Labute approximate surface area is 173 Å². The molecule has 0 aromatic heterocycles. The number of carbonyl (C=O) groups excluding carboxylic acids is 1. The molecule has 0 saturated heterocycles. The van der Waals surface area contributed by atoms with Crippen molar-refractivity contribution in [1.82, 2.24) is 0 Å². The molecule has 0 radical (unpaired) electrons. The van der Waals surface area contributed by atoms with Gasteiger partial charge in [-0.3, -0.25) is 4.79 Å². The number of ether oxygens (including phenoxy) is 2. The molecule has 0 amide bonds. The third-order valence-electron chi connectivity index (χ3n) is 4.41. The van der Waals surface area contributed by atoms with Gasteiger partial charge in [-0.15, -0.1) is 0 Å². The fraction of sp³-hybridized carbons (Fsp3) is 0.458. The molecule has 2 rings (SSSR count). The van der Waals surface area contributed by atoms with Crippen LogP contribution in [0.5, 0.6) is 11.5 Å². The minimum absolute atomic E-state index is 0.0331. The first kappa shape index (κ1) is 22.4. The van der Waals surface area contributed by atoms with Crippen molar-refractivity contribution in [2.75, 3.05) is 13.2 Å². The van der Waals surface area contributed by atoms with Gasteiger partial charge in [0, 0.05) is 10.5 Å². The van der Waals surface area contributed by atoms with Gasteiger partial charge in [0.1, 0.15) is 11.5 Å². The Morgan fingerprint density at radius 1 is 0.714 bits per heavy atom. The van der Waals surface area contributed by atoms with Crippen LogP contribution < -0.4 is 9.47 Å². The highest BCUT2D eigenvalue weighted by Crippen LogP contribution is 2.26. The summed E-state index contributed by atoms with van der Waals surface area (Å²) in [4.78, 5) is 13.4. The van der Waals surface area contributed by atoms with Crippen molar-refractivity contribution < 1.29 is 14.3 Å². The molecule has 3 nitrogen and oxygen atoms in total. The Hall–Kier alpha value is -1.94. The Balaban J connectivity index is 1.77. The van der Waals surface area contributed by atoms with E-state index in [-0.39, 0.29) is 5.12 Å². The van der Waals surface area contributed by atoms with Gasteiger partial charge in [-0.1, -0.05) is 46.0 Å². The van der Waals surface area contributed by atoms with Gasteiger partial charge in [-0.2, -0.15) is 0 Å². The molecule has 152 valence electrons. The minimum Gasteiger partial charge on any atom is -0.494 e. The second-order valence-corrected chi connectivity index (χ2v) is 7.90. The summed E-state index contributed by atoms with van der Waals surface area (Å²) in [5.74, 6) is 1.68. The van der Waals surface area contributed by atoms with Gasteiger partial charge < -0.3 is 9.47 Å². The monoisotopic (exact) mass is 400 g/mol. The summed E-state index contributed by atoms with van der Waals surface area (Å²) in [7, 11) is 0. The van der Waals surface area contributed by atoms with Gasteiger partial charge >= 0.3 is 0 Å². The van der Waals surface area contributed by atoms with Crippen LogP contribution in [0.3, 0.4) is 0 Å². The zero-order valence-corrected chi connectivity index (χ0v) is 17.9. The first-order valence-corrected chi connectivity index (χ1v) is 11.2. The van der Waals surface area contributed by atoms with E-state index in [1.165, 1.54) is 43.9 Å². The fourth-order valence-corrected chi connectivity index (χ4v) is 3.46. The lowest BCUT2D eigenvalue weighted by molar-refractivity contribution is 0.108. The van der Waals surface area contributed by atoms with Crippen molar-refractivity contribution in [2.24, 2.45) is 0 Å². The number of hydrogen-bond donors (Lipinski definition) is 0. The fourth-order valence-electron chi connectivity index (χ4n) is 2.72. The van der Waals surface area contributed by atoms with Crippen molar-refractivity contribution in [1.29, 1.82) is 0 Å². The van der Waals surface area contributed by atoms with Gasteiger partial charge in [0.05, 0.1) is 13.2 Å². The van der Waals surface area contributed by atoms with Gasteiger partial charge in [0.25, 0.3) is 0 Å². The van der Waals surface area contributed by atoms with E-state index in [0.717, 1.165) is 42.4 Å². The molecule has 0 aliphatic carbocycles. The Morgan fingerprint density at radius 2 is 1.21 bits per heavy atom. The third kappa shape index (κ3) is 8.39. The van der Waals surface area contributed by atoms with Crippen molar-refractivity contribution in [2.45, 2.75) is 63.7 Å². The summed E-state index contributed by atoms with van der Waals surface area (Å²) in [5.41, 5.74) is 0.683. The van der Waals surface area contributed by atoms with Gasteiger partial charge in [0.15, 0.2) is 0 Å². The van der Waals surface area contributed by atoms with Gasteiger partial charge in [-0.25, -0.2) is 0 Å². The topological polar surface area (TPSA) is 35.5 Å². The highest BCUT2D eigenvalue weighted by molar-refractivity contribution is 8.14. The highest BCUT2D eigenvalue weighted by atomic mass is 32.2. The van der Waals surface area contributed by atoms with Crippen LogP contribution in [-0.4, -0.2) is 18.3 Å². The molecule has 0 aliphatic rings. The van der Waals surface area contributed by atoms with Crippen LogP contribution in [0.1, 0.15) is 69.2 Å². The average Bonchev–Trinajstić information content (AvgIpc) is 2.73. The predicted molar refractivity (Wildman–Crippen MR) is 118 cm³/mol. The van der Waals surface area contributed by atoms with E-state index in [4.69, 9.17) is 9.47 Å². The molecular weight excluding hydrogens is 368 g/mol. The van der Waals surface area contributed by atoms with E-state index in [2.05, 4.69) is 13.8 Å². The van der Waals surface area contributed by atoms with E-state index in [0.29, 0.717) is 5.56 Å². The maximum absolute atomic E-state index is 12.5. The lowest BCUT2D eigenvalue weighted by Crippen LogP contribution is -1.98. The van der Waals surface area contributed by atoms with Crippen molar-refractivity contribution >= 4 is 16.9 Å². The smallest absolute Gasteiger partial charge is 0.224 e. The zero-order valence-electron chi connectivity index (χ0n) is 17.1. The molecular formula is C24H32O3S. The van der Waals surface area contributed by atoms with Crippen LogP contribution in [0.2, 0.25) is 0 Å². The molecule has 28 heavy (non-hydrogen) atoms. The molecule has 0 atom stereocenters. The molecule has 0 spiro atoms. The lowest BCUT2D eigenvalue weighted by atomic mass is 10.2. The number of unbranched alkanes of at least 4 members (excludes halogenated alkanes) is 5. The predicted octanol–water partition coefficient (Wildman–Crippen LogP) is 7.15. The van der Waals surface area contributed by atoms with Crippen LogP contribution in [-0.2, 0) is 0 Å². The number of benzene rings is 2. The third-order valence-corrected chi connectivity index (χ3v) is 5.34. The minimum atomic E-state index is 0.0331. The van der Waals surface area contributed by atoms with Gasteiger partial charge in [0.2, 0.25) is 5.12 Å². The summed E-state index contributed by atoms with van der Waals surface area (Å²) in [6.45, 7) is 5.85. The van der Waals surface area contributed by atoms with Crippen LogP contribution in [0, 0.1) is 0 Å². The maximum Gasteiger partial charge on any atom is 0.224 e. The highest BCUT2D eigenvalue weighted by Gasteiger charge is 2.09. The summed E-state index contributed by atoms with van der Waals surface area (Å²) in [6, 6.07) is 15.1. The molecule has 0 fully saturated rings. The van der Waals surface area contributed by atoms with Crippen LogP contribution in [0.15, 0.2) is 53.4 Å². The van der Waals surface area contributed by atoms with Crippen molar-refractivity contribution in [3.63, 3.8) is 0 Å². The summed E-state index contributed by atoms with van der Waals surface area (Å²) in [6.07, 6.45) is 8.20. The number of thioether (sulfide) groups is 1. The van der Waals surface area contributed by atoms with E-state index >= 15 is 0 Å². The second kappa shape index (κ2) is 13.3. The van der Waals surface area contributed by atoms with E-state index in [9.17, 15) is 4.79 Å². The average molecular weight is 401 g/mol. The van der Waals surface area contributed by atoms with Gasteiger partial charge in [-0.05, 0) is 73.1 Å². The molecule has 0 bridgehead atoms. The Kier molecular flexibility index (Phi) is 10.6. The van der Waals surface area contributed by atoms with Crippen LogP contribution in [0.4, 0.5) is 0 Å². The molecule has 0 N–H and O–H groups in total. The van der Waals surface area contributed by atoms with Crippen molar-refractivity contribution in [3.8, 4) is 11.5 Å². The number of hydrogen-bond acceptors (Lipinski definition) is 4. The number of carbonyl (C=O) groups is 1. The molecule has 4 heteroatoms. The summed E-state index contributed by atoms with van der Waals surface area (Å²) >= 11 is 1.24. The second-order valence-electron chi connectivity index (χ2n) is 6.85. The standard InChI is InChI=1S/C24H32O3S/c1-3-5-7-9-19-27-22-14-16-23(17-15-22)28-24(25)20-10-12-21(13-11-20)26-18-8-6-4-2/h10-17H,3-9,18-19H2,1-2H3. The Morgan fingerprint density at radius 3 is 1.79 bits per heavy atom. The first-order valence-electron chi connectivity index (χ1n) is 10.4. The van der Waals surface area contributed by atoms with Crippen molar-refractivity contribution in [3.05, 3.63) is 54.1 Å². The molecule has 0 heterocycles. The van der Waals surface area contributed by atoms with E-state index < -0.39 is 0 Å². The SMILES string of the molecule is CCCCCCOc1ccc(SC(=O)c2ccc(OCCCCC)cc2)cc1. The number of rotatable bonds is 13. The Bertz CT molecular complexity index is 680. The molecule has 0 saturated carbocycles. The summed E-state index contributed by atoms with van der Waals surface area (Å²) < 4.78 is 11.4. The first-order chi connectivity index (χ1) is 13.7. The quantitative estimate of drug-likeness (QED) is 0.264. The lowest BCUT2D eigenvalue weighted by Gasteiger charge is -2.08. The van der Waals surface area contributed by atoms with Crippen LogP contribution >= 0.6 is 11.8 Å². The molecule has 2 aromatic carbocycles. The summed E-state index contributed by atoms with van der Waals surface area (Å²) in [5, 5.41) is 0.0331. The zero-order chi connectivity index (χ0) is 20.0. The maximum atomic E-state index is 12.5. The van der Waals surface area contributed by atoms with Crippen LogP contribution in [0.25, 0.3) is 0 Å². The van der Waals surface area contributed by atoms with E-state index in [1.807, 2.05) is 48.5 Å². The normalized spacial score (nSPS) is 10.6.